The second kappa shape index (κ2) is 4.64. The molecule has 112 valence electrons. The number of nitrogens with zero attached hydrogens (tertiary/aromatic N) is 2. The molecule has 2 aromatic rings. The van der Waals surface area contributed by atoms with Crippen LogP contribution < -0.4 is 5.32 Å². The molecule has 1 atom stereocenters. The summed E-state index contributed by atoms with van der Waals surface area (Å²) >= 11 is 1.56. The molecule has 0 saturated carbocycles. The molecule has 2 aliphatic heterocycles. The molecule has 0 bridgehead atoms. The van der Waals surface area contributed by atoms with E-state index in [1.807, 2.05) is 18.2 Å². The molecule has 0 aliphatic carbocycles. The number of amides is 2. The second-order valence-corrected chi connectivity index (χ2v) is 6.91. The minimum absolute atomic E-state index is 0.00255. The van der Waals surface area contributed by atoms with Gasteiger partial charge in [0.15, 0.2) is 0 Å². The highest BCUT2D eigenvalue weighted by Gasteiger charge is 2.49. The summed E-state index contributed by atoms with van der Waals surface area (Å²) in [5.74, 6) is -0.0279. The van der Waals surface area contributed by atoms with Crippen molar-refractivity contribution in [2.45, 2.75) is 12.8 Å². The molecule has 3 heterocycles. The van der Waals surface area contributed by atoms with E-state index >= 15 is 0 Å². The molecule has 1 aromatic heterocycles. The summed E-state index contributed by atoms with van der Waals surface area (Å²) in [4.78, 5) is 30.8. The number of hydrogen-bond acceptors (Lipinski definition) is 4. The smallest absolute Gasteiger partial charge is 0.253 e. The fourth-order valence-corrected chi connectivity index (χ4v) is 4.03. The Labute approximate surface area is 131 Å². The van der Waals surface area contributed by atoms with Crippen molar-refractivity contribution < 1.29 is 9.59 Å². The van der Waals surface area contributed by atoms with E-state index in [2.05, 4.69) is 16.9 Å². The number of carbonyl (C=O) groups is 2. The summed E-state index contributed by atoms with van der Waals surface area (Å²) in [7, 11) is 0. The summed E-state index contributed by atoms with van der Waals surface area (Å²) in [5.41, 5.74) is 3.53. The van der Waals surface area contributed by atoms with Gasteiger partial charge in [-0.25, -0.2) is 4.98 Å². The molecule has 1 unspecified atom stereocenters. The maximum Gasteiger partial charge on any atom is 0.253 e. The van der Waals surface area contributed by atoms with Gasteiger partial charge in [-0.05, 0) is 24.6 Å². The number of benzene rings is 1. The van der Waals surface area contributed by atoms with Crippen molar-refractivity contribution >= 4 is 33.4 Å². The molecular weight excluding hydrogens is 298 g/mol. The van der Waals surface area contributed by atoms with Gasteiger partial charge in [-0.3, -0.25) is 9.59 Å². The van der Waals surface area contributed by atoms with Crippen molar-refractivity contribution in [1.29, 1.82) is 0 Å². The van der Waals surface area contributed by atoms with Gasteiger partial charge in [0.2, 0.25) is 5.91 Å². The Morgan fingerprint density at radius 2 is 2.32 bits per heavy atom. The number of likely N-dealkylation sites (tertiary alicyclic amines) is 1. The van der Waals surface area contributed by atoms with Crippen LogP contribution in [0.1, 0.15) is 23.2 Å². The van der Waals surface area contributed by atoms with Crippen LogP contribution in [-0.4, -0.2) is 34.8 Å². The maximum absolute atomic E-state index is 12.7. The first-order valence-electron chi connectivity index (χ1n) is 7.19. The zero-order chi connectivity index (χ0) is 15.3. The van der Waals surface area contributed by atoms with Crippen LogP contribution in [0.3, 0.4) is 0 Å². The molecule has 1 spiro atoms. The van der Waals surface area contributed by atoms with Gasteiger partial charge in [0.1, 0.15) is 0 Å². The topological polar surface area (TPSA) is 62.3 Å². The molecule has 22 heavy (non-hydrogen) atoms. The van der Waals surface area contributed by atoms with Crippen molar-refractivity contribution in [3.05, 3.63) is 41.5 Å². The molecular formula is C16H15N3O2S. The van der Waals surface area contributed by atoms with Gasteiger partial charge in [-0.2, -0.15) is 0 Å². The number of rotatable bonds is 1. The largest absolute Gasteiger partial charge is 0.338 e. The number of hydrogen-bond donors (Lipinski definition) is 1. The van der Waals surface area contributed by atoms with E-state index in [-0.39, 0.29) is 11.8 Å². The summed E-state index contributed by atoms with van der Waals surface area (Å²) in [5, 5.41) is 2.79. The Kier molecular flexibility index (Phi) is 2.84. The molecule has 2 aliphatic rings. The van der Waals surface area contributed by atoms with Crippen molar-refractivity contribution in [3.63, 3.8) is 0 Å². The van der Waals surface area contributed by atoms with E-state index < -0.39 is 5.41 Å². The number of fused-ring (bicyclic) bond motifs is 1. The Bertz CT molecular complexity index is 813. The maximum atomic E-state index is 12.7. The first kappa shape index (κ1) is 13.5. The Morgan fingerprint density at radius 1 is 1.45 bits per heavy atom. The minimum atomic E-state index is -0.475. The average molecular weight is 313 g/mol. The lowest BCUT2D eigenvalue weighted by molar-refractivity contribution is -0.126. The van der Waals surface area contributed by atoms with Gasteiger partial charge in [0, 0.05) is 30.8 Å². The first-order chi connectivity index (χ1) is 10.6. The normalized spacial score (nSPS) is 24.5. The van der Waals surface area contributed by atoms with E-state index in [1.165, 1.54) is 0 Å². The highest BCUT2D eigenvalue weighted by atomic mass is 32.1. The predicted octanol–water partition coefficient (Wildman–Crippen LogP) is 2.16. The Hall–Kier alpha value is -2.21. The second-order valence-electron chi connectivity index (χ2n) is 6.03. The van der Waals surface area contributed by atoms with Crippen molar-refractivity contribution in [1.82, 2.24) is 15.2 Å². The molecule has 2 amide bonds. The van der Waals surface area contributed by atoms with Crippen LogP contribution in [0.25, 0.3) is 10.2 Å². The monoisotopic (exact) mass is 313 g/mol. The van der Waals surface area contributed by atoms with Crippen molar-refractivity contribution in [3.8, 4) is 0 Å². The number of allylic oxidation sites excluding steroid dienone is 1. The van der Waals surface area contributed by atoms with Gasteiger partial charge in [0.25, 0.3) is 5.91 Å². The number of thiazole rings is 1. The fraction of sp³-hybridized carbons (Fsp3) is 0.312. The van der Waals surface area contributed by atoms with Gasteiger partial charge in [-0.15, -0.1) is 11.3 Å². The van der Waals surface area contributed by atoms with Gasteiger partial charge < -0.3 is 10.2 Å². The molecule has 6 heteroatoms. The molecule has 2 saturated heterocycles. The summed E-state index contributed by atoms with van der Waals surface area (Å²) in [6, 6.07) is 5.59. The van der Waals surface area contributed by atoms with E-state index in [0.717, 1.165) is 15.9 Å². The van der Waals surface area contributed by atoms with E-state index in [4.69, 9.17) is 0 Å². The average Bonchev–Trinajstić information content (AvgIpc) is 3.18. The SMILES string of the molecule is C=C1CC2(CCN(C(=O)c3ccc4scnc4c3)C2)C(=O)N1. The van der Waals surface area contributed by atoms with E-state index in [1.54, 1.807) is 21.7 Å². The van der Waals surface area contributed by atoms with Gasteiger partial charge in [0.05, 0.1) is 21.1 Å². The highest BCUT2D eigenvalue weighted by Crippen LogP contribution is 2.40. The summed E-state index contributed by atoms with van der Waals surface area (Å²) < 4.78 is 1.07. The lowest BCUT2D eigenvalue weighted by Gasteiger charge is -2.20. The third kappa shape index (κ3) is 1.94. The van der Waals surface area contributed by atoms with Gasteiger partial charge >= 0.3 is 0 Å². The summed E-state index contributed by atoms with van der Waals surface area (Å²) in [6.45, 7) is 4.91. The molecule has 4 rings (SSSR count). The fourth-order valence-electron chi connectivity index (χ4n) is 3.37. The quantitative estimate of drug-likeness (QED) is 0.877. The zero-order valence-corrected chi connectivity index (χ0v) is 12.8. The van der Waals surface area contributed by atoms with Crippen LogP contribution in [0.5, 0.6) is 0 Å². The molecule has 1 aromatic carbocycles. The number of carbonyl (C=O) groups excluding carboxylic acids is 2. The number of aromatic nitrogens is 1. The van der Waals surface area contributed by atoms with Crippen molar-refractivity contribution in [2.24, 2.45) is 5.41 Å². The third-order valence-electron chi connectivity index (χ3n) is 4.54. The molecule has 0 radical (unpaired) electrons. The van der Waals surface area contributed by atoms with Gasteiger partial charge in [-0.1, -0.05) is 6.58 Å². The van der Waals surface area contributed by atoms with Crippen LogP contribution in [0, 0.1) is 5.41 Å². The highest BCUT2D eigenvalue weighted by molar-refractivity contribution is 7.16. The van der Waals surface area contributed by atoms with E-state index in [0.29, 0.717) is 31.5 Å². The predicted molar refractivity (Wildman–Crippen MR) is 84.5 cm³/mol. The Morgan fingerprint density at radius 3 is 3.09 bits per heavy atom. The summed E-state index contributed by atoms with van der Waals surface area (Å²) in [6.07, 6.45) is 1.32. The molecule has 2 fully saturated rings. The van der Waals surface area contributed by atoms with Crippen LogP contribution in [0.4, 0.5) is 0 Å². The third-order valence-corrected chi connectivity index (χ3v) is 5.35. The van der Waals surface area contributed by atoms with Crippen LogP contribution in [-0.2, 0) is 4.79 Å². The minimum Gasteiger partial charge on any atom is -0.338 e. The van der Waals surface area contributed by atoms with Crippen LogP contribution >= 0.6 is 11.3 Å². The molecule has 1 N–H and O–H groups in total. The first-order valence-corrected chi connectivity index (χ1v) is 8.07. The number of nitrogens with one attached hydrogen (secondary N) is 1. The standard InChI is InChI=1S/C16H15N3O2S/c1-10-7-16(15(21)18-10)4-5-19(8-16)14(20)11-2-3-13-12(6-11)17-9-22-13/h2-3,6,9H,1,4-5,7-8H2,(H,18,21). The molecule has 5 nitrogen and oxygen atoms in total. The lowest BCUT2D eigenvalue weighted by Crippen LogP contribution is -2.36. The Balaban J connectivity index is 1.59. The van der Waals surface area contributed by atoms with Crippen LogP contribution in [0.15, 0.2) is 36.0 Å². The zero-order valence-electron chi connectivity index (χ0n) is 12.0. The van der Waals surface area contributed by atoms with E-state index in [9.17, 15) is 9.59 Å². The lowest BCUT2D eigenvalue weighted by atomic mass is 9.85. The van der Waals surface area contributed by atoms with Crippen LogP contribution in [0.2, 0.25) is 0 Å². The van der Waals surface area contributed by atoms with Crippen molar-refractivity contribution in [2.75, 3.05) is 13.1 Å².